The number of sulfonamides is 1. The van der Waals surface area contributed by atoms with E-state index in [2.05, 4.69) is 0 Å². The molecule has 3 aromatic rings. The third kappa shape index (κ3) is 5.81. The van der Waals surface area contributed by atoms with E-state index in [1.165, 1.54) is 18.2 Å². The molecule has 6 nitrogen and oxygen atoms in total. The third-order valence-corrected chi connectivity index (χ3v) is 9.13. The van der Waals surface area contributed by atoms with Gasteiger partial charge in [-0.25, -0.2) is 17.2 Å². The number of anilines is 1. The van der Waals surface area contributed by atoms with E-state index >= 15 is 0 Å². The van der Waals surface area contributed by atoms with Crippen molar-refractivity contribution in [1.82, 2.24) is 0 Å². The molecule has 12 heteroatoms. The number of esters is 1. The average molecular weight is 610 g/mol. The summed E-state index contributed by atoms with van der Waals surface area (Å²) >= 11 is 0. The van der Waals surface area contributed by atoms with E-state index in [-0.39, 0.29) is 29.1 Å². The van der Waals surface area contributed by atoms with E-state index in [9.17, 15) is 35.2 Å². The molecular weight excluding hydrogens is 581 g/mol. The van der Waals surface area contributed by atoms with Crippen LogP contribution in [-0.2, 0) is 25.7 Å². The van der Waals surface area contributed by atoms with E-state index in [1.54, 1.807) is 20.8 Å². The molecule has 1 aliphatic heterocycles. The van der Waals surface area contributed by atoms with Crippen molar-refractivity contribution in [2.45, 2.75) is 56.4 Å². The van der Waals surface area contributed by atoms with Crippen molar-refractivity contribution in [2.24, 2.45) is 11.8 Å². The number of benzene rings is 3. The SMILES string of the molecule is CC(C)(C)OC(=O)[C@H]1CC[C@@H]1[C@H]1CN(S(=O)(=O)c2cccc(C(F)(F)F)c2)c2cc(-c3cc(F)ccc3F)ccc2O1. The van der Waals surface area contributed by atoms with Crippen LogP contribution in [0.25, 0.3) is 11.1 Å². The Labute approximate surface area is 240 Å². The molecule has 1 aliphatic carbocycles. The topological polar surface area (TPSA) is 72.9 Å². The quantitative estimate of drug-likeness (QED) is 0.231. The second-order valence-corrected chi connectivity index (χ2v) is 13.3. The minimum atomic E-state index is -4.79. The molecule has 0 radical (unpaired) electrons. The van der Waals surface area contributed by atoms with Gasteiger partial charge < -0.3 is 9.47 Å². The van der Waals surface area contributed by atoms with Gasteiger partial charge in [0.1, 0.15) is 29.1 Å². The number of nitrogens with zero attached hydrogens (tertiary/aromatic N) is 1. The summed E-state index contributed by atoms with van der Waals surface area (Å²) in [4.78, 5) is 12.2. The van der Waals surface area contributed by atoms with E-state index in [0.717, 1.165) is 40.7 Å². The molecular formula is C30H28F5NO5S. The summed E-state index contributed by atoms with van der Waals surface area (Å²) in [6.45, 7) is 4.86. The van der Waals surface area contributed by atoms with Gasteiger partial charge in [-0.2, -0.15) is 13.2 Å². The Morgan fingerprint density at radius 1 is 0.976 bits per heavy atom. The lowest BCUT2D eigenvalue weighted by Crippen LogP contribution is -2.52. The van der Waals surface area contributed by atoms with E-state index in [0.29, 0.717) is 18.9 Å². The molecule has 42 heavy (non-hydrogen) atoms. The van der Waals surface area contributed by atoms with Crippen molar-refractivity contribution in [3.8, 4) is 16.9 Å². The number of rotatable bonds is 5. The molecule has 2 aliphatic rings. The molecule has 0 unspecified atom stereocenters. The summed E-state index contributed by atoms with van der Waals surface area (Å²) < 4.78 is 109. The van der Waals surface area contributed by atoms with Crippen LogP contribution in [0, 0.1) is 23.5 Å². The molecule has 224 valence electrons. The van der Waals surface area contributed by atoms with Gasteiger partial charge >= 0.3 is 12.1 Å². The fourth-order valence-electron chi connectivity index (χ4n) is 5.21. The maximum atomic E-state index is 14.6. The zero-order valence-electron chi connectivity index (χ0n) is 22.9. The van der Waals surface area contributed by atoms with Crippen LogP contribution in [0.4, 0.5) is 27.6 Å². The fourth-order valence-corrected chi connectivity index (χ4v) is 6.74. The maximum Gasteiger partial charge on any atom is 0.416 e. The lowest BCUT2D eigenvalue weighted by atomic mass is 9.70. The van der Waals surface area contributed by atoms with Crippen LogP contribution in [0.1, 0.15) is 39.2 Å². The smallest absolute Gasteiger partial charge is 0.416 e. The van der Waals surface area contributed by atoms with E-state index in [1.807, 2.05) is 0 Å². The Kier molecular flexibility index (Phi) is 7.49. The Morgan fingerprint density at radius 2 is 1.71 bits per heavy atom. The van der Waals surface area contributed by atoms with Crippen molar-refractivity contribution in [3.63, 3.8) is 0 Å². The van der Waals surface area contributed by atoms with Crippen molar-refractivity contribution in [3.05, 3.63) is 77.9 Å². The van der Waals surface area contributed by atoms with Crippen molar-refractivity contribution in [1.29, 1.82) is 0 Å². The first-order valence-electron chi connectivity index (χ1n) is 13.2. The van der Waals surface area contributed by atoms with Crippen molar-refractivity contribution < 1.29 is 44.6 Å². The first-order valence-corrected chi connectivity index (χ1v) is 14.7. The molecule has 0 saturated heterocycles. The van der Waals surface area contributed by atoms with Gasteiger partial charge in [0.25, 0.3) is 10.0 Å². The molecule has 5 rings (SSSR count). The molecule has 0 N–H and O–H groups in total. The first-order chi connectivity index (χ1) is 19.5. The lowest BCUT2D eigenvalue weighted by molar-refractivity contribution is -0.169. The summed E-state index contributed by atoms with van der Waals surface area (Å²) in [6, 6.07) is 10.3. The molecule has 1 saturated carbocycles. The van der Waals surface area contributed by atoms with Gasteiger partial charge in [0.15, 0.2) is 0 Å². The van der Waals surface area contributed by atoms with Gasteiger partial charge in [0.05, 0.1) is 28.6 Å². The van der Waals surface area contributed by atoms with Gasteiger partial charge in [-0.15, -0.1) is 0 Å². The highest BCUT2D eigenvalue weighted by atomic mass is 32.2. The second-order valence-electron chi connectivity index (χ2n) is 11.4. The normalized spacial score (nSPS) is 20.8. The van der Waals surface area contributed by atoms with Crippen molar-refractivity contribution >= 4 is 21.7 Å². The Morgan fingerprint density at radius 3 is 2.36 bits per heavy atom. The number of halogens is 5. The highest BCUT2D eigenvalue weighted by Crippen LogP contribution is 2.46. The van der Waals surface area contributed by atoms with Gasteiger partial charge in [-0.05, 0) is 87.7 Å². The zero-order chi connectivity index (χ0) is 30.6. The molecule has 1 fully saturated rings. The minimum absolute atomic E-state index is 0.0574. The van der Waals surface area contributed by atoms with Crippen LogP contribution in [0.5, 0.6) is 5.75 Å². The van der Waals surface area contributed by atoms with Crippen molar-refractivity contribution in [2.75, 3.05) is 10.8 Å². The summed E-state index contributed by atoms with van der Waals surface area (Å²) in [5.41, 5.74) is -1.95. The summed E-state index contributed by atoms with van der Waals surface area (Å²) in [7, 11) is -4.62. The monoisotopic (exact) mass is 609 g/mol. The lowest BCUT2D eigenvalue weighted by Gasteiger charge is -2.45. The predicted octanol–water partition coefficient (Wildman–Crippen LogP) is 6.97. The largest absolute Gasteiger partial charge is 0.486 e. The van der Waals surface area contributed by atoms with Crippen LogP contribution in [-0.4, -0.2) is 32.6 Å². The van der Waals surface area contributed by atoms with Gasteiger partial charge in [-0.1, -0.05) is 12.1 Å². The number of ether oxygens (including phenoxy) is 2. The van der Waals surface area contributed by atoms with Crippen LogP contribution >= 0.6 is 0 Å². The van der Waals surface area contributed by atoms with E-state index in [4.69, 9.17) is 9.47 Å². The standard InChI is InChI=1S/C30H28F5NO5S/c1-29(2,3)41-28(37)22-10-9-21(22)27-16-36(42(38,39)20-6-4-5-18(14-20)30(33,34)35)25-13-17(7-12-26(25)40-27)23-15-19(31)8-11-24(23)32/h4-8,11-15,21-22,27H,9-10,16H2,1-3H3/t21-,22-,27+/m0/s1. The molecule has 0 bridgehead atoms. The number of hydrogen-bond donors (Lipinski definition) is 0. The van der Waals surface area contributed by atoms with E-state index < -0.39 is 67.8 Å². The second kappa shape index (κ2) is 10.6. The van der Waals surface area contributed by atoms with Gasteiger partial charge in [-0.3, -0.25) is 9.10 Å². The molecule has 3 atom stereocenters. The Hall–Kier alpha value is -3.67. The third-order valence-electron chi connectivity index (χ3n) is 7.36. The molecule has 0 aromatic heterocycles. The molecule has 1 heterocycles. The molecule has 3 aromatic carbocycles. The highest BCUT2D eigenvalue weighted by molar-refractivity contribution is 7.92. The number of alkyl halides is 3. The van der Waals surface area contributed by atoms with Crippen LogP contribution in [0.2, 0.25) is 0 Å². The number of hydrogen-bond acceptors (Lipinski definition) is 5. The van der Waals surface area contributed by atoms with Crippen LogP contribution < -0.4 is 9.04 Å². The molecule has 0 spiro atoms. The van der Waals surface area contributed by atoms with Gasteiger partial charge in [0, 0.05) is 11.5 Å². The average Bonchev–Trinajstić information content (AvgIpc) is 2.87. The summed E-state index contributed by atoms with van der Waals surface area (Å²) in [5.74, 6) is -2.84. The summed E-state index contributed by atoms with van der Waals surface area (Å²) in [5, 5.41) is 0. The van der Waals surface area contributed by atoms with Crippen LogP contribution in [0.15, 0.2) is 65.6 Å². The molecule has 0 amide bonds. The zero-order valence-corrected chi connectivity index (χ0v) is 23.7. The Bertz CT molecular complexity index is 1630. The number of carbonyl (C=O) groups excluding carboxylic acids is 1. The summed E-state index contributed by atoms with van der Waals surface area (Å²) in [6.07, 6.45) is -4.58. The number of fused-ring (bicyclic) bond motifs is 1. The Balaban J connectivity index is 1.58. The predicted molar refractivity (Wildman–Crippen MR) is 144 cm³/mol. The minimum Gasteiger partial charge on any atom is -0.486 e. The number of carbonyl (C=O) groups is 1. The maximum absolute atomic E-state index is 14.6. The first kappa shape index (κ1) is 29.8. The van der Waals surface area contributed by atoms with Gasteiger partial charge in [0.2, 0.25) is 0 Å². The van der Waals surface area contributed by atoms with Crippen LogP contribution in [0.3, 0.4) is 0 Å². The highest BCUT2D eigenvalue weighted by Gasteiger charge is 2.48. The fraction of sp³-hybridized carbons (Fsp3) is 0.367.